The van der Waals surface area contributed by atoms with Crippen LogP contribution in [0.25, 0.3) is 55.3 Å². The van der Waals surface area contributed by atoms with Gasteiger partial charge in [-0.05, 0) is 68.3 Å². The van der Waals surface area contributed by atoms with Crippen molar-refractivity contribution in [2.75, 3.05) is 0 Å². The SMILES string of the molecule is [2H]c1c([2H])c([2H])c2c(c1[2H])-c1cc(Cl)ccc1C2(c1ccc(-c2ccccc2)cc1)c1ccc(-c2cccc3c2oc2ccccc23)cc1. The van der Waals surface area contributed by atoms with Crippen LogP contribution in [0, 0.1) is 0 Å². The quantitative estimate of drug-likeness (QED) is 0.196. The molecule has 45 heavy (non-hydrogen) atoms. The average molecular weight is 599 g/mol. The molecule has 2 heteroatoms. The second kappa shape index (κ2) is 10.1. The number of fused-ring (bicyclic) bond motifs is 6. The van der Waals surface area contributed by atoms with E-state index in [9.17, 15) is 1.37 Å². The summed E-state index contributed by atoms with van der Waals surface area (Å²) in [5, 5.41) is 2.63. The minimum Gasteiger partial charge on any atom is -0.455 e. The molecule has 1 aromatic heterocycles. The maximum absolute atomic E-state index is 9.36. The van der Waals surface area contributed by atoms with Crippen molar-refractivity contribution in [1.29, 1.82) is 0 Å². The first-order chi connectivity index (χ1) is 23.9. The maximum Gasteiger partial charge on any atom is 0.143 e. The van der Waals surface area contributed by atoms with Crippen LogP contribution in [-0.2, 0) is 5.41 Å². The van der Waals surface area contributed by atoms with Crippen molar-refractivity contribution < 1.29 is 9.90 Å². The first-order valence-electron chi connectivity index (χ1n) is 17.0. The van der Waals surface area contributed by atoms with Gasteiger partial charge in [-0.15, -0.1) is 0 Å². The highest BCUT2D eigenvalue weighted by atomic mass is 35.5. The van der Waals surface area contributed by atoms with E-state index in [2.05, 4.69) is 78.9 Å². The van der Waals surface area contributed by atoms with Crippen molar-refractivity contribution in [2.24, 2.45) is 0 Å². The average Bonchev–Trinajstić information content (AvgIpc) is 3.68. The van der Waals surface area contributed by atoms with Gasteiger partial charge in [-0.25, -0.2) is 0 Å². The topological polar surface area (TPSA) is 13.1 Å². The molecular formula is C43H27ClO. The number of para-hydroxylation sites is 2. The monoisotopic (exact) mass is 598 g/mol. The van der Waals surface area contributed by atoms with Crippen molar-refractivity contribution in [3.05, 3.63) is 191 Å². The third-order valence-electron chi connectivity index (χ3n) is 9.18. The van der Waals surface area contributed by atoms with Crippen LogP contribution in [0.5, 0.6) is 0 Å². The first-order valence-corrected chi connectivity index (χ1v) is 15.3. The lowest BCUT2D eigenvalue weighted by Gasteiger charge is -2.34. The van der Waals surface area contributed by atoms with Crippen molar-refractivity contribution in [3.8, 4) is 33.4 Å². The fourth-order valence-corrected chi connectivity index (χ4v) is 7.34. The third kappa shape index (κ3) is 3.88. The first kappa shape index (κ1) is 22.2. The molecule has 0 saturated carbocycles. The molecule has 0 saturated heterocycles. The molecule has 0 radical (unpaired) electrons. The Bertz CT molecular complexity index is 2590. The van der Waals surface area contributed by atoms with Crippen LogP contribution in [0.4, 0.5) is 0 Å². The van der Waals surface area contributed by atoms with Gasteiger partial charge in [0, 0.05) is 21.4 Å². The second-order valence-electron chi connectivity index (χ2n) is 11.5. The lowest BCUT2D eigenvalue weighted by atomic mass is 9.67. The summed E-state index contributed by atoms with van der Waals surface area (Å²) >= 11 is 6.59. The van der Waals surface area contributed by atoms with Crippen LogP contribution in [0.1, 0.15) is 27.7 Å². The Morgan fingerprint density at radius 3 is 1.98 bits per heavy atom. The van der Waals surface area contributed by atoms with E-state index in [4.69, 9.17) is 20.1 Å². The highest BCUT2D eigenvalue weighted by Crippen LogP contribution is 2.56. The van der Waals surface area contributed by atoms with E-state index in [1.165, 1.54) is 0 Å². The molecule has 7 aromatic carbocycles. The second-order valence-corrected chi connectivity index (χ2v) is 11.9. The summed E-state index contributed by atoms with van der Waals surface area (Å²) in [5.74, 6) is 0. The fraction of sp³-hybridized carbons (Fsp3) is 0.0233. The number of halogens is 1. The molecule has 212 valence electrons. The molecule has 1 aliphatic carbocycles. The number of hydrogen-bond acceptors (Lipinski definition) is 1. The summed E-state index contributed by atoms with van der Waals surface area (Å²) in [6.45, 7) is 0. The van der Waals surface area contributed by atoms with E-state index < -0.39 is 5.41 Å². The smallest absolute Gasteiger partial charge is 0.143 e. The zero-order valence-electron chi connectivity index (χ0n) is 28.1. The van der Waals surface area contributed by atoms with E-state index >= 15 is 0 Å². The van der Waals surface area contributed by atoms with E-state index in [1.807, 2.05) is 60.7 Å². The van der Waals surface area contributed by atoms with Crippen LogP contribution in [0.3, 0.4) is 0 Å². The molecule has 0 bridgehead atoms. The zero-order chi connectivity index (χ0) is 33.4. The number of hydrogen-bond donors (Lipinski definition) is 0. The summed E-state index contributed by atoms with van der Waals surface area (Å²) in [4.78, 5) is 0. The van der Waals surface area contributed by atoms with Crippen molar-refractivity contribution in [1.82, 2.24) is 0 Å². The molecule has 0 fully saturated rings. The van der Waals surface area contributed by atoms with Crippen molar-refractivity contribution in [3.63, 3.8) is 0 Å². The summed E-state index contributed by atoms with van der Waals surface area (Å²) in [6, 6.07) is 46.1. The van der Waals surface area contributed by atoms with Crippen molar-refractivity contribution in [2.45, 2.75) is 5.41 Å². The lowest BCUT2D eigenvalue weighted by Crippen LogP contribution is -2.28. The Hall–Kier alpha value is -5.37. The highest BCUT2D eigenvalue weighted by molar-refractivity contribution is 6.31. The lowest BCUT2D eigenvalue weighted by molar-refractivity contribution is 0.670. The minimum atomic E-state index is -1.05. The molecule has 0 amide bonds. The van der Waals surface area contributed by atoms with Gasteiger partial charge in [-0.1, -0.05) is 157 Å². The van der Waals surface area contributed by atoms with Gasteiger partial charge in [0.25, 0.3) is 0 Å². The predicted molar refractivity (Wildman–Crippen MR) is 187 cm³/mol. The molecule has 1 nitrogen and oxygen atoms in total. The molecule has 1 unspecified atom stereocenters. The van der Waals surface area contributed by atoms with Gasteiger partial charge in [0.05, 0.1) is 10.9 Å². The zero-order valence-corrected chi connectivity index (χ0v) is 24.8. The Balaban J connectivity index is 1.32. The van der Waals surface area contributed by atoms with E-state index in [0.717, 1.165) is 60.9 Å². The summed E-state index contributed by atoms with van der Waals surface area (Å²) in [5.41, 5.74) is 9.05. The summed E-state index contributed by atoms with van der Waals surface area (Å²) in [6.07, 6.45) is 0. The van der Waals surface area contributed by atoms with Crippen LogP contribution >= 0.6 is 11.6 Å². The van der Waals surface area contributed by atoms with Crippen LogP contribution < -0.4 is 0 Å². The van der Waals surface area contributed by atoms with Gasteiger partial charge >= 0.3 is 0 Å². The van der Waals surface area contributed by atoms with Crippen molar-refractivity contribution >= 4 is 33.5 Å². The van der Waals surface area contributed by atoms with Gasteiger partial charge < -0.3 is 4.42 Å². The van der Waals surface area contributed by atoms with Gasteiger partial charge in [-0.2, -0.15) is 0 Å². The highest BCUT2D eigenvalue weighted by Gasteiger charge is 2.46. The standard InChI is InChI=1S/C43H27ClO/c44-33-25-26-40-38(27-33)35-11-4-6-15-39(35)43(40,31-21-17-29(18-22-31)28-9-2-1-3-10-28)32-23-19-30(20-24-32)34-13-8-14-37-36-12-5-7-16-41(36)45-42(34)37/h1-27H/i4D,6D,11D,15D. The molecule has 8 aromatic rings. The maximum atomic E-state index is 9.36. The Kier molecular flexibility index (Phi) is 4.97. The van der Waals surface area contributed by atoms with Crippen LogP contribution in [0.15, 0.2) is 168 Å². The third-order valence-corrected chi connectivity index (χ3v) is 9.41. The van der Waals surface area contributed by atoms with Gasteiger partial charge in [0.1, 0.15) is 11.2 Å². The number of furan rings is 1. The Morgan fingerprint density at radius 1 is 0.511 bits per heavy atom. The largest absolute Gasteiger partial charge is 0.455 e. The number of benzene rings is 7. The Morgan fingerprint density at radius 2 is 1.18 bits per heavy atom. The normalized spacial score (nSPS) is 16.6. The van der Waals surface area contributed by atoms with Crippen LogP contribution in [-0.4, -0.2) is 0 Å². The predicted octanol–water partition coefficient (Wildman–Crippen LogP) is 11.9. The molecule has 0 aliphatic heterocycles. The molecule has 1 heterocycles. The molecule has 1 atom stereocenters. The van der Waals surface area contributed by atoms with Gasteiger partial charge in [0.15, 0.2) is 0 Å². The Labute approximate surface area is 272 Å². The van der Waals surface area contributed by atoms with Crippen LogP contribution in [0.2, 0.25) is 5.02 Å². The van der Waals surface area contributed by atoms with Gasteiger partial charge in [-0.3, -0.25) is 0 Å². The van der Waals surface area contributed by atoms with E-state index in [1.54, 1.807) is 0 Å². The molecule has 1 aliphatic rings. The van der Waals surface area contributed by atoms with E-state index in [-0.39, 0.29) is 24.2 Å². The molecular weight excluding hydrogens is 568 g/mol. The number of rotatable bonds is 4. The molecule has 0 spiro atoms. The summed E-state index contributed by atoms with van der Waals surface area (Å²) < 4.78 is 42.2. The van der Waals surface area contributed by atoms with Gasteiger partial charge in [0.2, 0.25) is 0 Å². The van der Waals surface area contributed by atoms with E-state index in [0.29, 0.717) is 21.7 Å². The summed E-state index contributed by atoms with van der Waals surface area (Å²) in [7, 11) is 0. The minimum absolute atomic E-state index is 0.0634. The fourth-order valence-electron chi connectivity index (χ4n) is 7.16. The molecule has 0 N–H and O–H groups in total. The molecule has 9 rings (SSSR count).